The smallest absolute Gasteiger partial charge is 0.182 e. The molecule has 2 rings (SSSR count). The summed E-state index contributed by atoms with van der Waals surface area (Å²) >= 11 is 5.99. The van der Waals surface area contributed by atoms with Crippen LogP contribution in [0.5, 0.6) is 11.5 Å². The molecular formula is C13H13ClN2O2. The number of para-hydroxylation sites is 1. The summed E-state index contributed by atoms with van der Waals surface area (Å²) in [5, 5.41) is 0.286. The van der Waals surface area contributed by atoms with Crippen molar-refractivity contribution >= 4 is 11.6 Å². The Kier molecular flexibility index (Phi) is 3.99. The zero-order valence-electron chi connectivity index (χ0n) is 10.2. The lowest BCUT2D eigenvalue weighted by molar-refractivity contribution is 0.341. The summed E-state index contributed by atoms with van der Waals surface area (Å²) in [5.41, 5.74) is 1.46. The van der Waals surface area contributed by atoms with Gasteiger partial charge >= 0.3 is 0 Å². The normalized spacial score (nSPS) is 10.2. The van der Waals surface area contributed by atoms with E-state index in [0.717, 1.165) is 11.3 Å². The zero-order chi connectivity index (χ0) is 13.0. The molecule has 0 unspecified atom stereocenters. The van der Waals surface area contributed by atoms with Crippen molar-refractivity contribution in [3.8, 4) is 22.8 Å². The van der Waals surface area contributed by atoms with Crippen LogP contribution < -0.4 is 9.47 Å². The van der Waals surface area contributed by atoms with E-state index in [4.69, 9.17) is 21.1 Å². The fourth-order valence-electron chi connectivity index (χ4n) is 1.67. The third-order valence-corrected chi connectivity index (χ3v) is 2.68. The third-order valence-electron chi connectivity index (χ3n) is 2.41. The number of aromatic nitrogens is 2. The fraction of sp³-hybridized carbons (Fsp3) is 0.231. The van der Waals surface area contributed by atoms with Crippen LogP contribution in [0.1, 0.15) is 6.92 Å². The molecule has 0 fully saturated rings. The highest BCUT2D eigenvalue weighted by Crippen LogP contribution is 2.37. The van der Waals surface area contributed by atoms with Crippen LogP contribution in [0.2, 0.25) is 5.15 Å². The Labute approximate surface area is 111 Å². The number of hydrogen-bond acceptors (Lipinski definition) is 4. The van der Waals surface area contributed by atoms with Gasteiger partial charge in [0.2, 0.25) is 0 Å². The second-order valence-corrected chi connectivity index (χ2v) is 3.83. The van der Waals surface area contributed by atoms with Crippen LogP contribution in [0, 0.1) is 0 Å². The first-order chi connectivity index (χ1) is 8.77. The molecule has 0 aliphatic carbocycles. The van der Waals surface area contributed by atoms with E-state index in [1.54, 1.807) is 0 Å². The molecule has 1 aromatic heterocycles. The summed E-state index contributed by atoms with van der Waals surface area (Å²) < 4.78 is 10.8. The van der Waals surface area contributed by atoms with Crippen molar-refractivity contribution in [3.63, 3.8) is 0 Å². The van der Waals surface area contributed by atoms with Gasteiger partial charge in [0.25, 0.3) is 0 Å². The molecule has 1 aromatic carbocycles. The second-order valence-electron chi connectivity index (χ2n) is 3.48. The quantitative estimate of drug-likeness (QED) is 0.796. The average molecular weight is 265 g/mol. The van der Waals surface area contributed by atoms with Gasteiger partial charge in [-0.3, -0.25) is 0 Å². The molecule has 0 saturated heterocycles. The van der Waals surface area contributed by atoms with Crippen LogP contribution >= 0.6 is 11.6 Å². The van der Waals surface area contributed by atoms with Gasteiger partial charge in [0.1, 0.15) is 17.8 Å². The summed E-state index contributed by atoms with van der Waals surface area (Å²) in [7, 11) is 1.54. The van der Waals surface area contributed by atoms with Crippen molar-refractivity contribution in [3.05, 3.63) is 35.7 Å². The van der Waals surface area contributed by atoms with Crippen LogP contribution in [0.25, 0.3) is 11.3 Å². The van der Waals surface area contributed by atoms with Crippen molar-refractivity contribution in [2.75, 3.05) is 13.7 Å². The van der Waals surface area contributed by atoms with Crippen LogP contribution in [0.3, 0.4) is 0 Å². The predicted octanol–water partition coefficient (Wildman–Crippen LogP) is 3.20. The molecule has 0 radical (unpaired) electrons. The molecule has 0 aliphatic rings. The molecule has 5 heteroatoms. The Morgan fingerprint density at radius 2 is 2.00 bits per heavy atom. The molecule has 18 heavy (non-hydrogen) atoms. The van der Waals surface area contributed by atoms with Gasteiger partial charge in [-0.1, -0.05) is 23.7 Å². The van der Waals surface area contributed by atoms with E-state index >= 15 is 0 Å². The Morgan fingerprint density at radius 3 is 2.72 bits per heavy atom. The first-order valence-corrected chi connectivity index (χ1v) is 5.92. The van der Waals surface area contributed by atoms with Crippen molar-refractivity contribution in [1.82, 2.24) is 9.97 Å². The van der Waals surface area contributed by atoms with Crippen molar-refractivity contribution < 1.29 is 9.47 Å². The van der Waals surface area contributed by atoms with Gasteiger partial charge in [-0.05, 0) is 19.1 Å². The summed E-state index contributed by atoms with van der Waals surface area (Å²) in [5.74, 6) is 1.19. The Balaban J connectivity index is 2.58. The van der Waals surface area contributed by atoms with E-state index in [2.05, 4.69) is 9.97 Å². The summed E-state index contributed by atoms with van der Waals surface area (Å²) in [6.45, 7) is 2.51. The molecule has 2 aromatic rings. The SMILES string of the molecule is CCOc1ccccc1-c1ncnc(Cl)c1OC. The number of hydrogen-bond donors (Lipinski definition) is 0. The van der Waals surface area contributed by atoms with Crippen LogP contribution in [0.15, 0.2) is 30.6 Å². The lowest BCUT2D eigenvalue weighted by Crippen LogP contribution is -1.98. The van der Waals surface area contributed by atoms with Crippen LogP contribution in [-0.4, -0.2) is 23.7 Å². The predicted molar refractivity (Wildman–Crippen MR) is 70.2 cm³/mol. The highest BCUT2D eigenvalue weighted by atomic mass is 35.5. The second kappa shape index (κ2) is 5.69. The van der Waals surface area contributed by atoms with Gasteiger partial charge in [-0.2, -0.15) is 0 Å². The van der Waals surface area contributed by atoms with Gasteiger partial charge < -0.3 is 9.47 Å². The molecule has 0 amide bonds. The van der Waals surface area contributed by atoms with Gasteiger partial charge in [-0.15, -0.1) is 0 Å². The molecule has 0 bridgehead atoms. The van der Waals surface area contributed by atoms with Gasteiger partial charge in [0, 0.05) is 5.56 Å². The van der Waals surface area contributed by atoms with E-state index in [-0.39, 0.29) is 5.15 Å². The van der Waals surface area contributed by atoms with Crippen molar-refractivity contribution in [2.24, 2.45) is 0 Å². The molecule has 0 aliphatic heterocycles. The number of nitrogens with zero attached hydrogens (tertiary/aromatic N) is 2. The minimum absolute atomic E-state index is 0.286. The minimum atomic E-state index is 0.286. The van der Waals surface area contributed by atoms with Gasteiger partial charge in [0.15, 0.2) is 10.9 Å². The summed E-state index contributed by atoms with van der Waals surface area (Å²) in [6, 6.07) is 7.61. The van der Waals surface area contributed by atoms with E-state index in [0.29, 0.717) is 18.1 Å². The monoisotopic (exact) mass is 264 g/mol. The maximum Gasteiger partial charge on any atom is 0.182 e. The molecule has 0 saturated carbocycles. The first-order valence-electron chi connectivity index (χ1n) is 5.54. The molecule has 1 heterocycles. The Morgan fingerprint density at radius 1 is 1.22 bits per heavy atom. The third kappa shape index (κ3) is 2.38. The van der Waals surface area contributed by atoms with E-state index in [9.17, 15) is 0 Å². The number of halogens is 1. The van der Waals surface area contributed by atoms with Gasteiger partial charge in [-0.25, -0.2) is 9.97 Å². The first kappa shape index (κ1) is 12.6. The lowest BCUT2D eigenvalue weighted by atomic mass is 10.1. The van der Waals surface area contributed by atoms with Crippen LogP contribution in [-0.2, 0) is 0 Å². The standard InChI is InChI=1S/C13H13ClN2O2/c1-3-18-10-7-5-4-6-9(10)11-12(17-2)13(14)16-8-15-11/h4-8H,3H2,1-2H3. The maximum absolute atomic E-state index is 5.99. The van der Waals surface area contributed by atoms with Crippen molar-refractivity contribution in [2.45, 2.75) is 6.92 Å². The molecule has 0 N–H and O–H groups in total. The number of benzene rings is 1. The van der Waals surface area contributed by atoms with Crippen LogP contribution in [0.4, 0.5) is 0 Å². The fourth-order valence-corrected chi connectivity index (χ4v) is 1.88. The zero-order valence-corrected chi connectivity index (χ0v) is 10.9. The molecular weight excluding hydrogens is 252 g/mol. The molecule has 0 spiro atoms. The minimum Gasteiger partial charge on any atom is -0.493 e. The Hall–Kier alpha value is -1.81. The van der Waals surface area contributed by atoms with E-state index in [1.807, 2.05) is 31.2 Å². The van der Waals surface area contributed by atoms with E-state index < -0.39 is 0 Å². The highest BCUT2D eigenvalue weighted by Gasteiger charge is 2.15. The molecule has 4 nitrogen and oxygen atoms in total. The maximum atomic E-state index is 5.99. The molecule has 0 atom stereocenters. The molecule has 94 valence electrons. The number of rotatable bonds is 4. The average Bonchev–Trinajstić information content (AvgIpc) is 2.39. The van der Waals surface area contributed by atoms with E-state index in [1.165, 1.54) is 13.4 Å². The number of ether oxygens (including phenoxy) is 2. The largest absolute Gasteiger partial charge is 0.493 e. The van der Waals surface area contributed by atoms with Gasteiger partial charge in [0.05, 0.1) is 13.7 Å². The summed E-state index contributed by atoms with van der Waals surface area (Å²) in [6.07, 6.45) is 1.41. The number of methoxy groups -OCH3 is 1. The lowest BCUT2D eigenvalue weighted by Gasteiger charge is -2.12. The summed E-state index contributed by atoms with van der Waals surface area (Å²) in [4.78, 5) is 8.12. The highest BCUT2D eigenvalue weighted by molar-refractivity contribution is 6.31. The topological polar surface area (TPSA) is 44.2 Å². The van der Waals surface area contributed by atoms with Crippen molar-refractivity contribution in [1.29, 1.82) is 0 Å². The Bertz CT molecular complexity index is 546.